The second-order valence-electron chi connectivity index (χ2n) is 7.80. The standard InChI is InChI=1S/C25H24FN5O3/c1-15-7-8-17(16(2)28-25(33)29-19-6-4-5-18(26)12-19)11-21(15)30-24(32)22-14-27-23-13-20(34-3)9-10-31(22)23/h4-14,16H,1-3H3,(H,30,32)(H2,28,29,33)/t16-/m0/s1. The minimum atomic E-state index is -0.467. The van der Waals surface area contributed by atoms with Crippen molar-refractivity contribution in [1.29, 1.82) is 0 Å². The second-order valence-corrected chi connectivity index (χ2v) is 7.80. The molecule has 2 aromatic carbocycles. The van der Waals surface area contributed by atoms with E-state index in [1.165, 1.54) is 24.4 Å². The summed E-state index contributed by atoms with van der Waals surface area (Å²) >= 11 is 0. The van der Waals surface area contributed by atoms with E-state index in [9.17, 15) is 14.0 Å². The van der Waals surface area contributed by atoms with E-state index < -0.39 is 11.8 Å². The summed E-state index contributed by atoms with van der Waals surface area (Å²) in [5.74, 6) is -0.103. The Balaban J connectivity index is 1.47. The van der Waals surface area contributed by atoms with Gasteiger partial charge in [-0.15, -0.1) is 0 Å². The number of amides is 3. The molecule has 4 aromatic rings. The van der Waals surface area contributed by atoms with Gasteiger partial charge in [0.25, 0.3) is 5.91 Å². The van der Waals surface area contributed by atoms with Crippen LogP contribution in [-0.2, 0) is 0 Å². The summed E-state index contributed by atoms with van der Waals surface area (Å²) in [5, 5.41) is 8.35. The van der Waals surface area contributed by atoms with Gasteiger partial charge in [0.1, 0.15) is 22.9 Å². The summed E-state index contributed by atoms with van der Waals surface area (Å²) in [6.07, 6.45) is 3.23. The molecule has 3 N–H and O–H groups in total. The topological polar surface area (TPSA) is 96.8 Å². The Morgan fingerprint density at radius 1 is 1.09 bits per heavy atom. The van der Waals surface area contributed by atoms with Crippen molar-refractivity contribution in [3.8, 4) is 5.75 Å². The maximum atomic E-state index is 13.3. The number of halogens is 1. The molecule has 1 atom stereocenters. The molecule has 0 fully saturated rings. The number of rotatable bonds is 6. The molecule has 0 spiro atoms. The van der Waals surface area contributed by atoms with Crippen LogP contribution in [0.25, 0.3) is 5.65 Å². The van der Waals surface area contributed by atoms with Crippen LogP contribution in [0.3, 0.4) is 0 Å². The van der Waals surface area contributed by atoms with E-state index in [1.54, 1.807) is 35.9 Å². The monoisotopic (exact) mass is 461 g/mol. The minimum Gasteiger partial charge on any atom is -0.497 e. The zero-order valence-corrected chi connectivity index (χ0v) is 18.9. The van der Waals surface area contributed by atoms with Crippen LogP contribution in [0.1, 0.15) is 34.6 Å². The quantitative estimate of drug-likeness (QED) is 0.380. The predicted octanol–water partition coefficient (Wildman–Crippen LogP) is 4.93. The highest BCUT2D eigenvalue weighted by atomic mass is 19.1. The number of aromatic nitrogens is 2. The van der Waals surface area contributed by atoms with E-state index in [0.29, 0.717) is 28.5 Å². The van der Waals surface area contributed by atoms with Gasteiger partial charge >= 0.3 is 6.03 Å². The van der Waals surface area contributed by atoms with Gasteiger partial charge in [-0.1, -0.05) is 18.2 Å². The van der Waals surface area contributed by atoms with E-state index in [2.05, 4.69) is 20.9 Å². The van der Waals surface area contributed by atoms with Gasteiger partial charge in [0.15, 0.2) is 0 Å². The maximum absolute atomic E-state index is 13.3. The number of nitrogens with one attached hydrogen (secondary N) is 3. The average Bonchev–Trinajstić information content (AvgIpc) is 3.23. The molecule has 0 aliphatic rings. The molecule has 4 rings (SSSR count). The Bertz CT molecular complexity index is 1370. The molecule has 0 radical (unpaired) electrons. The number of hydrogen-bond donors (Lipinski definition) is 3. The summed E-state index contributed by atoms with van der Waals surface area (Å²) in [7, 11) is 1.57. The van der Waals surface area contributed by atoms with Crippen molar-refractivity contribution in [1.82, 2.24) is 14.7 Å². The van der Waals surface area contributed by atoms with Crippen LogP contribution in [0.5, 0.6) is 5.75 Å². The van der Waals surface area contributed by atoms with Crippen LogP contribution in [0.4, 0.5) is 20.6 Å². The summed E-state index contributed by atoms with van der Waals surface area (Å²) in [5.41, 5.74) is 3.60. The van der Waals surface area contributed by atoms with Crippen LogP contribution >= 0.6 is 0 Å². The first kappa shape index (κ1) is 22.8. The van der Waals surface area contributed by atoms with Crippen molar-refractivity contribution < 1.29 is 18.7 Å². The summed E-state index contributed by atoms with van der Waals surface area (Å²) in [6.45, 7) is 3.70. The lowest BCUT2D eigenvalue weighted by molar-refractivity contribution is 0.102. The Kier molecular flexibility index (Phi) is 6.44. The fraction of sp³-hybridized carbons (Fsp3) is 0.160. The van der Waals surface area contributed by atoms with Crippen LogP contribution in [0.2, 0.25) is 0 Å². The summed E-state index contributed by atoms with van der Waals surface area (Å²) in [6, 6.07) is 13.9. The smallest absolute Gasteiger partial charge is 0.319 e. The van der Waals surface area contributed by atoms with Crippen molar-refractivity contribution >= 4 is 29.0 Å². The lowest BCUT2D eigenvalue weighted by Crippen LogP contribution is -2.31. The highest BCUT2D eigenvalue weighted by molar-refractivity contribution is 6.04. The molecule has 0 saturated heterocycles. The second kappa shape index (κ2) is 9.62. The first-order valence-electron chi connectivity index (χ1n) is 10.6. The minimum absolute atomic E-state index is 0.317. The number of carbonyl (C=O) groups is 2. The molecular formula is C25H24FN5O3. The van der Waals surface area contributed by atoms with Gasteiger partial charge < -0.3 is 20.7 Å². The summed E-state index contributed by atoms with van der Waals surface area (Å²) in [4.78, 5) is 29.6. The number of urea groups is 1. The van der Waals surface area contributed by atoms with Gasteiger partial charge in [-0.2, -0.15) is 0 Å². The number of fused-ring (bicyclic) bond motifs is 1. The number of methoxy groups -OCH3 is 1. The van der Waals surface area contributed by atoms with E-state index in [-0.39, 0.29) is 11.9 Å². The number of imidazole rings is 1. The zero-order chi connectivity index (χ0) is 24.2. The molecule has 0 unspecified atom stereocenters. The van der Waals surface area contributed by atoms with E-state index in [4.69, 9.17) is 4.74 Å². The Morgan fingerprint density at radius 2 is 1.91 bits per heavy atom. The molecule has 174 valence electrons. The highest BCUT2D eigenvalue weighted by Crippen LogP contribution is 2.23. The van der Waals surface area contributed by atoms with Gasteiger partial charge in [0, 0.05) is 23.6 Å². The van der Waals surface area contributed by atoms with Crippen LogP contribution in [0, 0.1) is 12.7 Å². The van der Waals surface area contributed by atoms with Crippen LogP contribution < -0.4 is 20.7 Å². The van der Waals surface area contributed by atoms with Gasteiger partial charge in [0.05, 0.1) is 19.3 Å². The molecule has 0 aliphatic heterocycles. The number of hydrogen-bond acceptors (Lipinski definition) is 4. The van der Waals surface area contributed by atoms with Crippen molar-refractivity contribution in [2.45, 2.75) is 19.9 Å². The lowest BCUT2D eigenvalue weighted by atomic mass is 10.0. The maximum Gasteiger partial charge on any atom is 0.319 e. The Morgan fingerprint density at radius 3 is 2.68 bits per heavy atom. The number of aryl methyl sites for hydroxylation is 1. The third kappa shape index (κ3) is 4.98. The fourth-order valence-electron chi connectivity index (χ4n) is 3.50. The number of pyridine rings is 1. The molecule has 2 aromatic heterocycles. The average molecular weight is 461 g/mol. The first-order valence-corrected chi connectivity index (χ1v) is 10.6. The molecule has 0 saturated carbocycles. The molecule has 0 bridgehead atoms. The van der Waals surface area contributed by atoms with E-state index in [0.717, 1.165) is 11.1 Å². The van der Waals surface area contributed by atoms with Crippen molar-refractivity contribution in [2.75, 3.05) is 17.7 Å². The number of carbonyl (C=O) groups excluding carboxylic acids is 2. The molecule has 2 heterocycles. The number of ether oxygens (including phenoxy) is 1. The van der Waals surface area contributed by atoms with Crippen molar-refractivity contribution in [3.63, 3.8) is 0 Å². The van der Waals surface area contributed by atoms with Gasteiger partial charge in [-0.3, -0.25) is 9.20 Å². The number of anilines is 2. The SMILES string of the molecule is COc1ccn2c(C(=O)Nc3cc([C@H](C)NC(=O)Nc4cccc(F)c4)ccc3C)cnc2c1. The van der Waals surface area contributed by atoms with E-state index in [1.807, 2.05) is 32.0 Å². The van der Waals surface area contributed by atoms with Crippen LogP contribution in [-0.4, -0.2) is 28.4 Å². The molecule has 8 nitrogen and oxygen atoms in total. The lowest BCUT2D eigenvalue weighted by Gasteiger charge is -2.17. The van der Waals surface area contributed by atoms with Crippen molar-refractivity contribution in [3.05, 3.63) is 89.6 Å². The predicted molar refractivity (Wildman–Crippen MR) is 128 cm³/mol. The molecule has 3 amide bonds. The third-order valence-corrected chi connectivity index (χ3v) is 5.39. The molecule has 9 heteroatoms. The molecule has 34 heavy (non-hydrogen) atoms. The molecule has 0 aliphatic carbocycles. The highest BCUT2D eigenvalue weighted by Gasteiger charge is 2.16. The first-order chi connectivity index (χ1) is 16.3. The normalized spacial score (nSPS) is 11.6. The van der Waals surface area contributed by atoms with Crippen molar-refractivity contribution in [2.24, 2.45) is 0 Å². The summed E-state index contributed by atoms with van der Waals surface area (Å²) < 4.78 is 20.2. The molecular weight excluding hydrogens is 437 g/mol. The van der Waals surface area contributed by atoms with E-state index >= 15 is 0 Å². The van der Waals surface area contributed by atoms with Gasteiger partial charge in [-0.25, -0.2) is 14.2 Å². The third-order valence-electron chi connectivity index (χ3n) is 5.39. The Labute approximate surface area is 195 Å². The fourth-order valence-corrected chi connectivity index (χ4v) is 3.50. The Hall–Kier alpha value is -4.40. The van der Waals surface area contributed by atoms with Crippen LogP contribution in [0.15, 0.2) is 67.0 Å². The van der Waals surface area contributed by atoms with Gasteiger partial charge in [0.2, 0.25) is 0 Å². The largest absolute Gasteiger partial charge is 0.497 e. The number of nitrogens with zero attached hydrogens (tertiary/aromatic N) is 2. The zero-order valence-electron chi connectivity index (χ0n) is 18.9. The van der Waals surface area contributed by atoms with Gasteiger partial charge in [-0.05, 0) is 55.3 Å². The number of benzene rings is 2.